The third kappa shape index (κ3) is 4.68. The number of hydrogen-bond donors (Lipinski definition) is 2. The van der Waals surface area contributed by atoms with Crippen molar-refractivity contribution in [2.24, 2.45) is 0 Å². The number of piperazine rings is 1. The fourth-order valence-corrected chi connectivity index (χ4v) is 5.59. The summed E-state index contributed by atoms with van der Waals surface area (Å²) in [5.41, 5.74) is 4.75. The second-order valence-corrected chi connectivity index (χ2v) is 9.95. The zero-order valence-electron chi connectivity index (χ0n) is 20.2. The summed E-state index contributed by atoms with van der Waals surface area (Å²) >= 11 is 0. The number of carbonyl (C=O) groups is 2. The molecule has 0 radical (unpaired) electrons. The zero-order chi connectivity index (χ0) is 23.7. The topological polar surface area (TPSA) is 67.9 Å². The molecule has 2 aromatic rings. The molecule has 2 fully saturated rings. The summed E-state index contributed by atoms with van der Waals surface area (Å²) in [7, 11) is 4.09. The van der Waals surface area contributed by atoms with Gasteiger partial charge in [0, 0.05) is 70.2 Å². The molecule has 3 atom stereocenters. The lowest BCUT2D eigenvalue weighted by Gasteiger charge is -2.37. The minimum Gasteiger partial charge on any atom is -0.378 e. The molecule has 3 aliphatic rings. The van der Waals surface area contributed by atoms with Gasteiger partial charge in [-0.3, -0.25) is 14.5 Å². The highest BCUT2D eigenvalue weighted by molar-refractivity contribution is 5.95. The molecule has 0 saturated carbocycles. The van der Waals surface area contributed by atoms with E-state index in [1.165, 1.54) is 16.8 Å². The lowest BCUT2D eigenvalue weighted by atomic mass is 10.0. The van der Waals surface area contributed by atoms with Gasteiger partial charge in [-0.15, -0.1) is 0 Å². The first-order chi connectivity index (χ1) is 16.5. The first-order valence-electron chi connectivity index (χ1n) is 12.4. The van der Waals surface area contributed by atoms with E-state index in [1.54, 1.807) is 0 Å². The Bertz CT molecular complexity index is 1040. The smallest absolute Gasteiger partial charge is 0.237 e. The molecule has 5 rings (SSSR count). The van der Waals surface area contributed by atoms with Crippen molar-refractivity contribution >= 4 is 23.2 Å². The van der Waals surface area contributed by atoms with Crippen LogP contribution in [0.2, 0.25) is 0 Å². The number of nitrogens with zero attached hydrogens (tertiary/aromatic N) is 3. The maximum Gasteiger partial charge on any atom is 0.237 e. The number of nitrogens with one attached hydrogen (secondary N) is 2. The average Bonchev–Trinajstić information content (AvgIpc) is 3.48. The van der Waals surface area contributed by atoms with E-state index in [-0.39, 0.29) is 29.9 Å². The number of anilines is 2. The maximum atomic E-state index is 13.0. The van der Waals surface area contributed by atoms with E-state index in [0.717, 1.165) is 44.6 Å². The monoisotopic (exact) mass is 461 g/mol. The molecule has 7 heteroatoms. The van der Waals surface area contributed by atoms with Crippen molar-refractivity contribution in [1.82, 2.24) is 15.5 Å². The minimum absolute atomic E-state index is 0.102. The number of benzene rings is 2. The zero-order valence-corrected chi connectivity index (χ0v) is 20.2. The highest BCUT2D eigenvalue weighted by Gasteiger charge is 2.43. The van der Waals surface area contributed by atoms with Crippen LogP contribution < -0.4 is 20.4 Å². The van der Waals surface area contributed by atoms with Crippen LogP contribution in [-0.4, -0.2) is 68.6 Å². The first kappa shape index (κ1) is 22.9. The maximum absolute atomic E-state index is 13.0. The molecule has 34 heavy (non-hydrogen) atoms. The average molecular weight is 462 g/mol. The molecule has 0 aliphatic carbocycles. The van der Waals surface area contributed by atoms with Crippen LogP contribution in [0.3, 0.4) is 0 Å². The van der Waals surface area contributed by atoms with Gasteiger partial charge in [0.15, 0.2) is 0 Å². The second kappa shape index (κ2) is 9.76. The summed E-state index contributed by atoms with van der Waals surface area (Å²) < 4.78 is 0. The Labute approximate surface area is 202 Å². The number of amides is 2. The lowest BCUT2D eigenvalue weighted by molar-refractivity contribution is -0.129. The molecule has 0 bridgehead atoms. The lowest BCUT2D eigenvalue weighted by Crippen LogP contribution is -2.58. The Morgan fingerprint density at radius 1 is 1.15 bits per heavy atom. The van der Waals surface area contributed by atoms with Crippen molar-refractivity contribution in [1.29, 1.82) is 0 Å². The Kier molecular flexibility index (Phi) is 6.57. The van der Waals surface area contributed by atoms with Crippen LogP contribution in [0.1, 0.15) is 30.4 Å². The third-order valence-electron chi connectivity index (χ3n) is 7.55. The van der Waals surface area contributed by atoms with Crippen molar-refractivity contribution in [2.45, 2.75) is 50.4 Å². The van der Waals surface area contributed by atoms with E-state index in [2.05, 4.69) is 50.8 Å². The van der Waals surface area contributed by atoms with Gasteiger partial charge >= 0.3 is 0 Å². The van der Waals surface area contributed by atoms with E-state index in [0.29, 0.717) is 13.0 Å². The Morgan fingerprint density at radius 2 is 1.94 bits per heavy atom. The van der Waals surface area contributed by atoms with Crippen LogP contribution >= 0.6 is 0 Å². The first-order valence-corrected chi connectivity index (χ1v) is 12.4. The largest absolute Gasteiger partial charge is 0.378 e. The van der Waals surface area contributed by atoms with E-state index in [9.17, 15) is 9.59 Å². The van der Waals surface area contributed by atoms with Gasteiger partial charge in [-0.05, 0) is 48.6 Å². The van der Waals surface area contributed by atoms with E-state index in [4.69, 9.17) is 0 Å². The second-order valence-electron chi connectivity index (χ2n) is 9.95. The highest BCUT2D eigenvalue weighted by Crippen LogP contribution is 2.30. The molecule has 0 aromatic heterocycles. The van der Waals surface area contributed by atoms with Gasteiger partial charge in [0.1, 0.15) is 0 Å². The van der Waals surface area contributed by atoms with Crippen LogP contribution in [0.5, 0.6) is 0 Å². The predicted molar refractivity (Wildman–Crippen MR) is 135 cm³/mol. The van der Waals surface area contributed by atoms with E-state index < -0.39 is 0 Å². The number of para-hydroxylation sites is 1. The van der Waals surface area contributed by atoms with E-state index in [1.807, 2.05) is 37.2 Å². The van der Waals surface area contributed by atoms with E-state index >= 15 is 0 Å². The van der Waals surface area contributed by atoms with Crippen LogP contribution in [0, 0.1) is 0 Å². The number of fused-ring (bicyclic) bond motifs is 2. The van der Waals surface area contributed by atoms with Gasteiger partial charge < -0.3 is 20.4 Å². The molecule has 7 nitrogen and oxygen atoms in total. The predicted octanol–water partition coefficient (Wildman–Crippen LogP) is 2.15. The van der Waals surface area contributed by atoms with Crippen LogP contribution in [-0.2, 0) is 22.6 Å². The molecule has 2 N–H and O–H groups in total. The summed E-state index contributed by atoms with van der Waals surface area (Å²) in [5.74, 6) is 0.309. The van der Waals surface area contributed by atoms with Crippen molar-refractivity contribution in [3.05, 3.63) is 59.7 Å². The number of hydrogen-bond acceptors (Lipinski definition) is 5. The summed E-state index contributed by atoms with van der Waals surface area (Å²) in [6.45, 7) is 3.03. The molecule has 3 heterocycles. The summed E-state index contributed by atoms with van der Waals surface area (Å²) in [6.07, 6.45) is 3.02. The third-order valence-corrected chi connectivity index (χ3v) is 7.55. The van der Waals surface area contributed by atoms with Gasteiger partial charge in [-0.2, -0.15) is 0 Å². The molecular formula is C27H35N5O2. The fraction of sp³-hybridized carbons (Fsp3) is 0.481. The summed E-state index contributed by atoms with van der Waals surface area (Å²) in [6, 6.07) is 17.1. The highest BCUT2D eigenvalue weighted by atomic mass is 16.2. The van der Waals surface area contributed by atoms with Crippen LogP contribution in [0.15, 0.2) is 48.5 Å². The van der Waals surface area contributed by atoms with Gasteiger partial charge in [0.05, 0.1) is 6.04 Å². The Balaban J connectivity index is 1.15. The van der Waals surface area contributed by atoms with Gasteiger partial charge in [0.2, 0.25) is 11.8 Å². The van der Waals surface area contributed by atoms with Gasteiger partial charge in [0.25, 0.3) is 0 Å². The molecular weight excluding hydrogens is 426 g/mol. The van der Waals surface area contributed by atoms with Gasteiger partial charge in [-0.25, -0.2) is 0 Å². The fourth-order valence-electron chi connectivity index (χ4n) is 5.59. The van der Waals surface area contributed by atoms with Crippen LogP contribution in [0.25, 0.3) is 0 Å². The molecule has 2 amide bonds. The normalized spacial score (nSPS) is 24.0. The summed E-state index contributed by atoms with van der Waals surface area (Å²) in [5, 5.41) is 6.74. The molecule has 0 unspecified atom stereocenters. The molecule has 0 spiro atoms. The molecule has 2 saturated heterocycles. The van der Waals surface area contributed by atoms with Crippen LogP contribution in [0.4, 0.5) is 11.4 Å². The summed E-state index contributed by atoms with van der Waals surface area (Å²) in [4.78, 5) is 31.9. The standard InChI is InChI=1S/C27H35N5O2/c1-30(2)22-9-7-19(8-10-22)16-28-21-15-25-27(34)29-17-23(32(25)18-21)11-12-26(33)31-14-13-20-5-3-4-6-24(20)31/h3-10,21,23,25,28H,11-18H2,1-2H3,(H,29,34)/t21-,23-,25-/m1/s1. The Morgan fingerprint density at radius 3 is 2.74 bits per heavy atom. The molecule has 180 valence electrons. The van der Waals surface area contributed by atoms with Gasteiger partial charge in [-0.1, -0.05) is 30.3 Å². The van der Waals surface area contributed by atoms with Crippen molar-refractivity contribution in [3.63, 3.8) is 0 Å². The number of carbonyl (C=O) groups excluding carboxylic acids is 2. The SMILES string of the molecule is CN(C)c1ccc(CN[C@@H]2C[C@@H]3C(=O)NC[C@@H](CCC(=O)N4CCc5ccccc54)N3C2)cc1. The van der Waals surface area contributed by atoms with Crippen molar-refractivity contribution < 1.29 is 9.59 Å². The quantitative estimate of drug-likeness (QED) is 0.662. The number of rotatable bonds is 7. The molecule has 3 aliphatic heterocycles. The molecule has 2 aromatic carbocycles. The Hall–Kier alpha value is -2.90. The minimum atomic E-state index is -0.102. The van der Waals surface area contributed by atoms with Crippen molar-refractivity contribution in [2.75, 3.05) is 43.5 Å². The van der Waals surface area contributed by atoms with Crippen molar-refractivity contribution in [3.8, 4) is 0 Å².